The standard InChI is InChI=1S/C19H16FN3O3S/c1-2-16(26-18(25)13-4-3-9-21-10-13)17(24)23-19-22-15(11-27-19)12-5-7-14(20)8-6-12/h3-11,16H,2H2,1H3,(H,22,23,24). The summed E-state index contributed by atoms with van der Waals surface area (Å²) in [5.74, 6) is -1.41. The highest BCUT2D eigenvalue weighted by atomic mass is 32.1. The van der Waals surface area contributed by atoms with Crippen molar-refractivity contribution in [1.82, 2.24) is 9.97 Å². The molecule has 2 aromatic heterocycles. The molecule has 3 aromatic rings. The quantitative estimate of drug-likeness (QED) is 0.651. The number of amides is 1. The molecule has 3 rings (SSSR count). The number of ether oxygens (including phenoxy) is 1. The van der Waals surface area contributed by atoms with Gasteiger partial charge in [0.25, 0.3) is 5.91 Å². The van der Waals surface area contributed by atoms with Crippen LogP contribution < -0.4 is 5.32 Å². The summed E-state index contributed by atoms with van der Waals surface area (Å²) >= 11 is 1.23. The fourth-order valence-electron chi connectivity index (χ4n) is 2.27. The van der Waals surface area contributed by atoms with Crippen molar-refractivity contribution < 1.29 is 18.7 Å². The van der Waals surface area contributed by atoms with Gasteiger partial charge >= 0.3 is 5.97 Å². The highest BCUT2D eigenvalue weighted by molar-refractivity contribution is 7.14. The maximum Gasteiger partial charge on any atom is 0.340 e. The van der Waals surface area contributed by atoms with Crippen LogP contribution in [0.3, 0.4) is 0 Å². The van der Waals surface area contributed by atoms with Gasteiger partial charge in [-0.25, -0.2) is 14.2 Å². The van der Waals surface area contributed by atoms with Crippen molar-refractivity contribution in [3.05, 3.63) is 65.6 Å². The summed E-state index contributed by atoms with van der Waals surface area (Å²) in [6, 6.07) is 9.09. The smallest absolute Gasteiger partial charge is 0.340 e. The maximum absolute atomic E-state index is 13.0. The topological polar surface area (TPSA) is 81.2 Å². The Balaban J connectivity index is 1.65. The second-order valence-corrected chi connectivity index (χ2v) is 6.44. The number of rotatable bonds is 6. The number of thiazole rings is 1. The summed E-state index contributed by atoms with van der Waals surface area (Å²) in [6.07, 6.45) is 2.29. The van der Waals surface area contributed by atoms with Crippen LogP contribution in [-0.2, 0) is 9.53 Å². The van der Waals surface area contributed by atoms with E-state index in [4.69, 9.17) is 4.74 Å². The Morgan fingerprint density at radius 3 is 2.70 bits per heavy atom. The third-order valence-electron chi connectivity index (χ3n) is 3.68. The van der Waals surface area contributed by atoms with Gasteiger partial charge in [0.1, 0.15) is 5.82 Å². The number of esters is 1. The molecule has 0 bridgehead atoms. The van der Waals surface area contributed by atoms with Gasteiger partial charge < -0.3 is 4.74 Å². The maximum atomic E-state index is 13.0. The van der Waals surface area contributed by atoms with Crippen LogP contribution in [0.15, 0.2) is 54.2 Å². The molecule has 1 N–H and O–H groups in total. The summed E-state index contributed by atoms with van der Waals surface area (Å²) < 4.78 is 18.3. The molecule has 0 aliphatic carbocycles. The Morgan fingerprint density at radius 2 is 2.04 bits per heavy atom. The highest BCUT2D eigenvalue weighted by Crippen LogP contribution is 2.25. The van der Waals surface area contributed by atoms with E-state index < -0.39 is 18.0 Å². The first kappa shape index (κ1) is 18.7. The molecule has 0 saturated heterocycles. The zero-order valence-corrected chi connectivity index (χ0v) is 15.2. The van der Waals surface area contributed by atoms with Gasteiger partial charge in [0.2, 0.25) is 0 Å². The predicted molar refractivity (Wildman–Crippen MR) is 99.9 cm³/mol. The molecule has 1 aromatic carbocycles. The van der Waals surface area contributed by atoms with Crippen molar-refractivity contribution in [2.75, 3.05) is 5.32 Å². The molecule has 2 heterocycles. The molecule has 0 saturated carbocycles. The lowest BCUT2D eigenvalue weighted by Gasteiger charge is -2.14. The number of carbonyl (C=O) groups is 2. The average Bonchev–Trinajstić information content (AvgIpc) is 3.15. The second-order valence-electron chi connectivity index (χ2n) is 5.58. The van der Waals surface area contributed by atoms with Crippen molar-refractivity contribution in [3.63, 3.8) is 0 Å². The summed E-state index contributed by atoms with van der Waals surface area (Å²) in [6.45, 7) is 1.74. The lowest BCUT2D eigenvalue weighted by Crippen LogP contribution is -2.32. The van der Waals surface area contributed by atoms with Crippen LogP contribution in [0.1, 0.15) is 23.7 Å². The number of hydrogen-bond acceptors (Lipinski definition) is 6. The van der Waals surface area contributed by atoms with Gasteiger partial charge in [-0.15, -0.1) is 11.3 Å². The third-order valence-corrected chi connectivity index (χ3v) is 4.44. The van der Waals surface area contributed by atoms with Gasteiger partial charge in [-0.1, -0.05) is 6.92 Å². The first-order valence-corrected chi connectivity index (χ1v) is 9.08. The number of anilines is 1. The van der Waals surface area contributed by atoms with Crippen molar-refractivity contribution in [3.8, 4) is 11.3 Å². The minimum atomic E-state index is -0.948. The van der Waals surface area contributed by atoms with Gasteiger partial charge in [-0.3, -0.25) is 15.1 Å². The first-order chi connectivity index (χ1) is 13.1. The van der Waals surface area contributed by atoms with Gasteiger partial charge in [0.05, 0.1) is 11.3 Å². The summed E-state index contributed by atoms with van der Waals surface area (Å²) in [5, 5.41) is 4.78. The largest absolute Gasteiger partial charge is 0.449 e. The molecular formula is C19H16FN3O3S. The lowest BCUT2D eigenvalue weighted by atomic mass is 10.2. The number of nitrogens with zero attached hydrogens (tertiary/aromatic N) is 2. The molecule has 138 valence electrons. The summed E-state index contributed by atoms with van der Waals surface area (Å²) in [4.78, 5) is 32.7. The molecule has 27 heavy (non-hydrogen) atoms. The zero-order valence-electron chi connectivity index (χ0n) is 14.4. The van der Waals surface area contributed by atoms with E-state index in [1.54, 1.807) is 42.8 Å². The Bertz CT molecular complexity index is 929. The van der Waals surface area contributed by atoms with E-state index >= 15 is 0 Å². The minimum absolute atomic E-state index is 0.275. The van der Waals surface area contributed by atoms with Crippen LogP contribution in [0.25, 0.3) is 11.3 Å². The van der Waals surface area contributed by atoms with Gasteiger partial charge in [0, 0.05) is 23.3 Å². The van der Waals surface area contributed by atoms with Crippen molar-refractivity contribution in [2.45, 2.75) is 19.4 Å². The van der Waals surface area contributed by atoms with Crippen molar-refractivity contribution >= 4 is 28.3 Å². The Hall–Kier alpha value is -3.13. The number of carbonyl (C=O) groups excluding carboxylic acids is 2. The van der Waals surface area contributed by atoms with Crippen LogP contribution in [0, 0.1) is 5.82 Å². The zero-order chi connectivity index (χ0) is 19.2. The fraction of sp³-hybridized carbons (Fsp3) is 0.158. The van der Waals surface area contributed by atoms with Crippen LogP contribution in [0.5, 0.6) is 0 Å². The number of hydrogen-bond donors (Lipinski definition) is 1. The number of halogens is 1. The molecule has 6 nitrogen and oxygen atoms in total. The van der Waals surface area contributed by atoms with Crippen LogP contribution in [0.4, 0.5) is 9.52 Å². The fourth-order valence-corrected chi connectivity index (χ4v) is 3.00. The summed E-state index contributed by atoms with van der Waals surface area (Å²) in [7, 11) is 0. The Morgan fingerprint density at radius 1 is 1.26 bits per heavy atom. The molecule has 0 aliphatic heterocycles. The average molecular weight is 385 g/mol. The van der Waals surface area contributed by atoms with E-state index in [-0.39, 0.29) is 11.4 Å². The Labute approximate surface area is 159 Å². The first-order valence-electron chi connectivity index (χ1n) is 8.20. The van der Waals surface area contributed by atoms with E-state index in [0.29, 0.717) is 17.2 Å². The number of pyridine rings is 1. The lowest BCUT2D eigenvalue weighted by molar-refractivity contribution is -0.124. The number of aromatic nitrogens is 2. The molecular weight excluding hydrogens is 369 g/mol. The van der Waals surface area contributed by atoms with E-state index in [1.807, 2.05) is 0 Å². The molecule has 0 aliphatic rings. The van der Waals surface area contributed by atoms with E-state index in [9.17, 15) is 14.0 Å². The van der Waals surface area contributed by atoms with Gasteiger partial charge in [-0.05, 0) is 42.8 Å². The number of nitrogens with one attached hydrogen (secondary N) is 1. The van der Waals surface area contributed by atoms with Crippen molar-refractivity contribution in [2.24, 2.45) is 0 Å². The van der Waals surface area contributed by atoms with E-state index in [2.05, 4.69) is 15.3 Å². The normalized spacial score (nSPS) is 11.6. The van der Waals surface area contributed by atoms with Crippen LogP contribution in [-0.4, -0.2) is 27.9 Å². The molecule has 0 radical (unpaired) electrons. The predicted octanol–water partition coefficient (Wildman–Crippen LogP) is 3.92. The van der Waals surface area contributed by atoms with Crippen LogP contribution in [0.2, 0.25) is 0 Å². The second kappa shape index (κ2) is 8.50. The molecule has 0 fully saturated rings. The van der Waals surface area contributed by atoms with Gasteiger partial charge in [-0.2, -0.15) is 0 Å². The molecule has 1 unspecified atom stereocenters. The molecule has 8 heteroatoms. The molecule has 0 spiro atoms. The van der Waals surface area contributed by atoms with E-state index in [1.165, 1.54) is 29.7 Å². The van der Waals surface area contributed by atoms with Crippen molar-refractivity contribution in [1.29, 1.82) is 0 Å². The van der Waals surface area contributed by atoms with Gasteiger partial charge in [0.15, 0.2) is 11.2 Å². The minimum Gasteiger partial charge on any atom is -0.449 e. The van der Waals surface area contributed by atoms with Crippen LogP contribution >= 0.6 is 11.3 Å². The molecule has 1 atom stereocenters. The third kappa shape index (κ3) is 4.73. The SMILES string of the molecule is CCC(OC(=O)c1cccnc1)C(=O)Nc1nc(-c2ccc(F)cc2)cs1. The Kier molecular flexibility index (Phi) is 5.87. The van der Waals surface area contributed by atoms with E-state index in [0.717, 1.165) is 5.56 Å². The molecule has 1 amide bonds. The number of benzene rings is 1. The highest BCUT2D eigenvalue weighted by Gasteiger charge is 2.23. The summed E-state index contributed by atoms with van der Waals surface area (Å²) in [5.41, 5.74) is 1.63. The monoisotopic (exact) mass is 385 g/mol.